The molecule has 11 heteroatoms. The van der Waals surface area contributed by atoms with Crippen molar-refractivity contribution in [1.29, 1.82) is 0 Å². The van der Waals surface area contributed by atoms with E-state index in [2.05, 4.69) is 19.9 Å². The van der Waals surface area contributed by atoms with Crippen LogP contribution in [0.3, 0.4) is 0 Å². The quantitative estimate of drug-likeness (QED) is 0.290. The molecule has 0 amide bonds. The van der Waals surface area contributed by atoms with Crippen LogP contribution in [-0.4, -0.2) is 36.6 Å². The molecule has 0 atom stereocenters. The normalized spacial score (nSPS) is 21.7. The first-order chi connectivity index (χ1) is 18.5. The van der Waals surface area contributed by atoms with Gasteiger partial charge >= 0.3 is 6.18 Å². The van der Waals surface area contributed by atoms with Crippen molar-refractivity contribution in [3.63, 3.8) is 0 Å². The molecule has 6 rings (SSSR count). The van der Waals surface area contributed by atoms with Crippen LogP contribution in [0, 0.1) is 5.92 Å². The minimum Gasteiger partial charge on any atom is -0.354 e. The molecule has 2 aliphatic carbocycles. The van der Waals surface area contributed by atoms with E-state index >= 15 is 0 Å². The maximum absolute atomic E-state index is 13.6. The maximum Gasteiger partial charge on any atom is 0.391 e. The number of aromatic nitrogens is 5. The Labute approximate surface area is 220 Å². The number of H-pyrrole nitrogens is 1. The summed E-state index contributed by atoms with van der Waals surface area (Å²) in [6.45, 7) is 0. The van der Waals surface area contributed by atoms with Gasteiger partial charge in [-0.25, -0.2) is 13.8 Å². The number of aromatic amines is 1. The third kappa shape index (κ3) is 4.72. The largest absolute Gasteiger partial charge is 0.391 e. The number of halogens is 5. The van der Waals surface area contributed by atoms with Crippen LogP contribution in [0.15, 0.2) is 47.8 Å². The molecule has 0 aliphatic heterocycles. The molecule has 0 spiro atoms. The van der Waals surface area contributed by atoms with E-state index in [9.17, 15) is 26.7 Å². The first-order valence-electron chi connectivity index (χ1n) is 12.9. The zero-order valence-corrected chi connectivity index (χ0v) is 21.1. The third-order valence-electron chi connectivity index (χ3n) is 8.16. The van der Waals surface area contributed by atoms with Gasteiger partial charge in [0.15, 0.2) is 11.3 Å². The van der Waals surface area contributed by atoms with E-state index in [1.54, 1.807) is 48.5 Å². The molecular weight excluding hydrogens is 517 g/mol. The van der Waals surface area contributed by atoms with Gasteiger partial charge in [-0.2, -0.15) is 13.2 Å². The van der Waals surface area contributed by atoms with E-state index in [1.165, 1.54) is 6.07 Å². The number of aryl methyl sites for hydroxylation is 1. The topological polar surface area (TPSA) is 76.5 Å². The van der Waals surface area contributed by atoms with Crippen molar-refractivity contribution < 1.29 is 22.0 Å². The van der Waals surface area contributed by atoms with Gasteiger partial charge in [0.2, 0.25) is 5.92 Å². The van der Waals surface area contributed by atoms with Gasteiger partial charge in [0, 0.05) is 67.9 Å². The molecule has 2 aliphatic rings. The van der Waals surface area contributed by atoms with Gasteiger partial charge < -0.3 is 9.55 Å². The van der Waals surface area contributed by atoms with Crippen molar-refractivity contribution >= 4 is 10.9 Å². The number of fused-ring (bicyclic) bond motifs is 1. The van der Waals surface area contributed by atoms with Crippen LogP contribution in [0.25, 0.3) is 33.7 Å². The Morgan fingerprint density at radius 2 is 1.74 bits per heavy atom. The third-order valence-corrected chi connectivity index (χ3v) is 8.16. The average molecular weight is 544 g/mol. The molecule has 0 aromatic carbocycles. The van der Waals surface area contributed by atoms with E-state index in [1.807, 2.05) is 0 Å². The molecule has 4 aromatic heterocycles. The Morgan fingerprint density at radius 3 is 2.38 bits per heavy atom. The van der Waals surface area contributed by atoms with Gasteiger partial charge in [0.05, 0.1) is 22.5 Å². The lowest BCUT2D eigenvalue weighted by Gasteiger charge is -2.35. The summed E-state index contributed by atoms with van der Waals surface area (Å²) in [5.74, 6) is -4.15. The lowest BCUT2D eigenvalue weighted by molar-refractivity contribution is -0.182. The number of rotatable bonds is 4. The average Bonchev–Trinajstić information content (AvgIpc) is 3.31. The number of nitrogens with one attached hydrogen (secondary N) is 1. The van der Waals surface area contributed by atoms with Gasteiger partial charge in [-0.1, -0.05) is 0 Å². The maximum atomic E-state index is 13.6. The van der Waals surface area contributed by atoms with Crippen LogP contribution in [0.1, 0.15) is 61.6 Å². The molecule has 0 radical (unpaired) electrons. The summed E-state index contributed by atoms with van der Waals surface area (Å²) in [7, 11) is 1.80. The highest BCUT2D eigenvalue weighted by molar-refractivity contribution is 5.92. The second-order valence-corrected chi connectivity index (χ2v) is 10.7. The molecule has 0 unspecified atom stereocenters. The first kappa shape index (κ1) is 25.6. The minimum atomic E-state index is -4.24. The molecule has 2 fully saturated rings. The molecule has 2 saturated carbocycles. The van der Waals surface area contributed by atoms with Crippen molar-refractivity contribution in [1.82, 2.24) is 24.5 Å². The van der Waals surface area contributed by atoms with E-state index in [0.29, 0.717) is 52.2 Å². The second-order valence-electron chi connectivity index (χ2n) is 10.7. The summed E-state index contributed by atoms with van der Waals surface area (Å²) in [6, 6.07) is 4.89. The molecule has 204 valence electrons. The summed E-state index contributed by atoms with van der Waals surface area (Å²) >= 11 is 0. The Bertz CT molecular complexity index is 1590. The highest BCUT2D eigenvalue weighted by Gasteiger charge is 2.47. The standard InChI is InChI=1S/C28H26F5N5O/c1-38-9-8-35-26(38)25-24-20(6-7-34-25)37-22(11-23(24)39)19-14-36-21(16-12-27(29,30)13-16)10-18(19)15-2-4-17(5-3-15)28(31,32)33/h6-11,14-17H,2-5,12-13H2,1H3,(H,37,39)/t15-,17-. The second kappa shape index (κ2) is 9.24. The Morgan fingerprint density at radius 1 is 1.00 bits per heavy atom. The molecule has 4 aromatic rings. The van der Waals surface area contributed by atoms with Crippen molar-refractivity contribution in [2.45, 2.75) is 62.5 Å². The molecule has 0 saturated heterocycles. The van der Waals surface area contributed by atoms with Gasteiger partial charge in [-0.3, -0.25) is 14.8 Å². The minimum absolute atomic E-state index is 0.000301. The highest BCUT2D eigenvalue weighted by atomic mass is 19.4. The number of alkyl halides is 5. The lowest BCUT2D eigenvalue weighted by atomic mass is 9.75. The summed E-state index contributed by atoms with van der Waals surface area (Å²) in [6.07, 6.45) is 2.30. The van der Waals surface area contributed by atoms with Crippen LogP contribution in [0.5, 0.6) is 0 Å². The summed E-state index contributed by atoms with van der Waals surface area (Å²) in [5.41, 5.74) is 2.98. The van der Waals surface area contributed by atoms with Crippen molar-refractivity contribution in [3.8, 4) is 22.8 Å². The van der Waals surface area contributed by atoms with Crippen LogP contribution >= 0.6 is 0 Å². The molecule has 0 bridgehead atoms. The van der Waals surface area contributed by atoms with Crippen LogP contribution in [0.2, 0.25) is 0 Å². The smallest absolute Gasteiger partial charge is 0.354 e. The van der Waals surface area contributed by atoms with Gasteiger partial charge in [0.25, 0.3) is 0 Å². The summed E-state index contributed by atoms with van der Waals surface area (Å²) < 4.78 is 68.9. The molecule has 39 heavy (non-hydrogen) atoms. The van der Waals surface area contributed by atoms with E-state index < -0.39 is 23.9 Å². The van der Waals surface area contributed by atoms with E-state index in [0.717, 1.165) is 5.56 Å². The Hall–Kier alpha value is -3.63. The van der Waals surface area contributed by atoms with Crippen molar-refractivity contribution in [2.75, 3.05) is 0 Å². The monoisotopic (exact) mass is 543 g/mol. The lowest BCUT2D eigenvalue weighted by Crippen LogP contribution is -2.34. The fourth-order valence-corrected chi connectivity index (χ4v) is 5.98. The number of hydrogen-bond donors (Lipinski definition) is 1. The summed E-state index contributed by atoms with van der Waals surface area (Å²) in [5, 5.41) is 0.365. The number of pyridine rings is 3. The van der Waals surface area contributed by atoms with Crippen LogP contribution in [-0.2, 0) is 7.05 Å². The van der Waals surface area contributed by atoms with Gasteiger partial charge in [-0.15, -0.1) is 0 Å². The number of imidazole rings is 1. The van der Waals surface area contributed by atoms with Crippen LogP contribution < -0.4 is 5.43 Å². The first-order valence-corrected chi connectivity index (χ1v) is 12.9. The number of hydrogen-bond acceptors (Lipinski definition) is 4. The Balaban J connectivity index is 1.43. The van der Waals surface area contributed by atoms with Crippen molar-refractivity contribution in [3.05, 3.63) is 64.5 Å². The predicted octanol–water partition coefficient (Wildman–Crippen LogP) is 6.73. The fraction of sp³-hybridized carbons (Fsp3) is 0.429. The molecule has 4 heterocycles. The van der Waals surface area contributed by atoms with Crippen LogP contribution in [0.4, 0.5) is 22.0 Å². The Kier molecular flexibility index (Phi) is 6.07. The zero-order valence-electron chi connectivity index (χ0n) is 21.1. The zero-order chi connectivity index (χ0) is 27.5. The predicted molar refractivity (Wildman–Crippen MR) is 135 cm³/mol. The fourth-order valence-electron chi connectivity index (χ4n) is 5.98. The van der Waals surface area contributed by atoms with Gasteiger partial charge in [0.1, 0.15) is 5.69 Å². The molecule has 6 nitrogen and oxygen atoms in total. The van der Waals surface area contributed by atoms with Crippen molar-refractivity contribution in [2.24, 2.45) is 13.0 Å². The molecule has 1 N–H and O–H groups in total. The summed E-state index contributed by atoms with van der Waals surface area (Å²) in [4.78, 5) is 29.9. The number of nitrogens with zero attached hydrogens (tertiary/aromatic N) is 4. The van der Waals surface area contributed by atoms with E-state index in [-0.39, 0.29) is 37.0 Å². The highest BCUT2D eigenvalue weighted by Crippen LogP contribution is 2.50. The SMILES string of the molecule is Cn1ccnc1-c1nccc2[nH]c(-c3cnc(C4CC(F)(F)C4)cc3[C@H]3CC[C@H](C(F)(F)F)CC3)cc(=O)c12. The van der Waals surface area contributed by atoms with Gasteiger partial charge in [-0.05, 0) is 49.3 Å². The molecular formula is C28H26F5N5O. The van der Waals surface area contributed by atoms with E-state index in [4.69, 9.17) is 0 Å².